The van der Waals surface area contributed by atoms with Gasteiger partial charge in [-0.15, -0.1) is 0 Å². The number of nitrogens with zero attached hydrogens (tertiary/aromatic N) is 3. The molecule has 110 valence electrons. The van der Waals surface area contributed by atoms with Crippen molar-refractivity contribution in [2.75, 3.05) is 26.7 Å². The van der Waals surface area contributed by atoms with Gasteiger partial charge in [-0.25, -0.2) is 4.79 Å². The quantitative estimate of drug-likeness (QED) is 0.833. The number of hydrogen-bond donors (Lipinski definition) is 1. The zero-order valence-electron chi connectivity index (χ0n) is 11.8. The second-order valence-electron chi connectivity index (χ2n) is 5.70. The van der Waals surface area contributed by atoms with Crippen LogP contribution in [0.25, 0.3) is 0 Å². The highest BCUT2D eigenvalue weighted by molar-refractivity contribution is 8.04. The third-order valence-electron chi connectivity index (χ3n) is 4.21. The minimum Gasteiger partial charge on any atom is -0.365 e. The van der Waals surface area contributed by atoms with Gasteiger partial charge in [-0.3, -0.25) is 9.69 Å². The SMILES string of the molecule is CC1=C(C(N)=O)SC(N2CCN(CC3CC3)C2=O)N1C. The van der Waals surface area contributed by atoms with Crippen molar-refractivity contribution < 1.29 is 9.59 Å². The zero-order valence-corrected chi connectivity index (χ0v) is 12.7. The van der Waals surface area contributed by atoms with E-state index in [1.165, 1.54) is 24.6 Å². The van der Waals surface area contributed by atoms with Crippen LogP contribution in [0, 0.1) is 5.92 Å². The van der Waals surface area contributed by atoms with Crippen molar-refractivity contribution in [1.29, 1.82) is 0 Å². The summed E-state index contributed by atoms with van der Waals surface area (Å²) < 4.78 is 0. The normalized spacial score (nSPS) is 27.0. The van der Waals surface area contributed by atoms with E-state index in [1.807, 2.05) is 28.7 Å². The molecule has 0 aromatic rings. The molecule has 0 aromatic heterocycles. The van der Waals surface area contributed by atoms with E-state index in [0.29, 0.717) is 17.4 Å². The minimum atomic E-state index is -0.414. The molecule has 2 N–H and O–H groups in total. The fraction of sp³-hybridized carbons (Fsp3) is 0.692. The first-order valence-corrected chi connectivity index (χ1v) is 7.82. The van der Waals surface area contributed by atoms with Gasteiger partial charge in [0.1, 0.15) is 0 Å². The van der Waals surface area contributed by atoms with E-state index >= 15 is 0 Å². The van der Waals surface area contributed by atoms with E-state index < -0.39 is 5.91 Å². The highest BCUT2D eigenvalue weighted by Crippen LogP contribution is 2.40. The average Bonchev–Trinajstić information content (AvgIpc) is 3.08. The van der Waals surface area contributed by atoms with E-state index in [2.05, 4.69) is 0 Å². The summed E-state index contributed by atoms with van der Waals surface area (Å²) in [6.07, 6.45) is 2.49. The number of primary amides is 1. The third kappa shape index (κ3) is 2.24. The van der Waals surface area contributed by atoms with Crippen molar-refractivity contribution in [3.63, 3.8) is 0 Å². The Labute approximate surface area is 122 Å². The van der Waals surface area contributed by atoms with E-state index in [0.717, 1.165) is 18.8 Å². The first kappa shape index (κ1) is 13.6. The van der Waals surface area contributed by atoms with Gasteiger partial charge in [0.25, 0.3) is 5.91 Å². The molecule has 3 rings (SSSR count). The number of urea groups is 1. The van der Waals surface area contributed by atoms with Crippen molar-refractivity contribution in [1.82, 2.24) is 14.7 Å². The standard InChI is InChI=1S/C13H20N4O2S/c1-8-10(11(14)18)20-13(15(8)2)17-6-5-16(12(17)19)7-9-3-4-9/h9,13H,3-7H2,1-2H3,(H2,14,18). The van der Waals surface area contributed by atoms with E-state index in [1.54, 1.807) is 0 Å². The maximum Gasteiger partial charge on any atom is 0.322 e. The largest absolute Gasteiger partial charge is 0.365 e. The molecule has 3 aliphatic rings. The molecular formula is C13H20N4O2S. The summed E-state index contributed by atoms with van der Waals surface area (Å²) in [6.45, 7) is 4.25. The van der Waals surface area contributed by atoms with Crippen LogP contribution in [0.15, 0.2) is 10.6 Å². The molecule has 1 unspecified atom stereocenters. The van der Waals surface area contributed by atoms with Crippen LogP contribution in [0.4, 0.5) is 4.79 Å². The molecule has 0 aromatic carbocycles. The summed E-state index contributed by atoms with van der Waals surface area (Å²) in [4.78, 5) is 30.2. The van der Waals surface area contributed by atoms with E-state index in [4.69, 9.17) is 5.73 Å². The summed E-state index contributed by atoms with van der Waals surface area (Å²) in [5.41, 5.74) is 6.09. The summed E-state index contributed by atoms with van der Waals surface area (Å²) in [5, 5.41) is 0. The molecule has 20 heavy (non-hydrogen) atoms. The van der Waals surface area contributed by atoms with Gasteiger partial charge >= 0.3 is 6.03 Å². The molecule has 1 atom stereocenters. The monoisotopic (exact) mass is 296 g/mol. The zero-order chi connectivity index (χ0) is 14.4. The molecule has 0 radical (unpaired) electrons. The van der Waals surface area contributed by atoms with Gasteiger partial charge in [0.05, 0.1) is 4.91 Å². The molecule has 0 spiro atoms. The Morgan fingerprint density at radius 1 is 1.40 bits per heavy atom. The molecule has 2 heterocycles. The van der Waals surface area contributed by atoms with Gasteiger partial charge in [-0.2, -0.15) is 0 Å². The van der Waals surface area contributed by atoms with Crippen LogP contribution in [0.5, 0.6) is 0 Å². The predicted octanol–water partition coefficient (Wildman–Crippen LogP) is 0.813. The van der Waals surface area contributed by atoms with Crippen molar-refractivity contribution in [3.05, 3.63) is 10.6 Å². The van der Waals surface area contributed by atoms with Crippen LogP contribution < -0.4 is 5.73 Å². The minimum absolute atomic E-state index is 0.0831. The fourth-order valence-corrected chi connectivity index (χ4v) is 3.97. The van der Waals surface area contributed by atoms with Gasteiger partial charge in [-0.05, 0) is 25.7 Å². The first-order chi connectivity index (χ1) is 9.49. The van der Waals surface area contributed by atoms with Gasteiger partial charge in [0, 0.05) is 32.4 Å². The molecule has 0 bridgehead atoms. The van der Waals surface area contributed by atoms with E-state index in [-0.39, 0.29) is 11.5 Å². The number of hydrogen-bond acceptors (Lipinski definition) is 4. The lowest BCUT2D eigenvalue weighted by Crippen LogP contribution is -2.44. The maximum atomic E-state index is 12.5. The Balaban J connectivity index is 1.69. The molecule has 7 heteroatoms. The molecule has 1 saturated heterocycles. The lowest BCUT2D eigenvalue weighted by atomic mass is 10.4. The highest BCUT2D eigenvalue weighted by atomic mass is 32.2. The second-order valence-corrected chi connectivity index (χ2v) is 6.76. The van der Waals surface area contributed by atoms with Gasteiger partial charge in [0.2, 0.25) is 0 Å². The van der Waals surface area contributed by atoms with Crippen LogP contribution in [-0.4, -0.2) is 58.8 Å². The second kappa shape index (κ2) is 4.87. The topological polar surface area (TPSA) is 69.9 Å². The number of carbonyl (C=O) groups excluding carboxylic acids is 2. The number of nitrogens with two attached hydrogens (primary N) is 1. The van der Waals surface area contributed by atoms with Crippen molar-refractivity contribution in [3.8, 4) is 0 Å². The lowest BCUT2D eigenvalue weighted by molar-refractivity contribution is -0.113. The summed E-state index contributed by atoms with van der Waals surface area (Å²) in [6, 6.07) is 0.0831. The summed E-state index contributed by atoms with van der Waals surface area (Å²) in [5.74, 6) is 0.289. The fourth-order valence-electron chi connectivity index (χ4n) is 2.69. The number of carbonyl (C=O) groups is 2. The molecule has 1 aliphatic carbocycles. The Morgan fingerprint density at radius 3 is 2.65 bits per heavy atom. The van der Waals surface area contributed by atoms with E-state index in [9.17, 15) is 9.59 Å². The van der Waals surface area contributed by atoms with Gasteiger partial charge < -0.3 is 15.5 Å². The van der Waals surface area contributed by atoms with Crippen molar-refractivity contribution in [2.24, 2.45) is 11.7 Å². The van der Waals surface area contributed by atoms with Gasteiger partial charge in [0.15, 0.2) is 5.50 Å². The number of thioether (sulfide) groups is 1. The van der Waals surface area contributed by atoms with Crippen LogP contribution in [0.1, 0.15) is 19.8 Å². The van der Waals surface area contributed by atoms with Crippen LogP contribution in [0.2, 0.25) is 0 Å². The van der Waals surface area contributed by atoms with Crippen molar-refractivity contribution in [2.45, 2.75) is 25.3 Å². The number of amides is 3. The Hall–Kier alpha value is -1.37. The first-order valence-electron chi connectivity index (χ1n) is 6.94. The number of rotatable bonds is 4. The predicted molar refractivity (Wildman–Crippen MR) is 77.4 cm³/mol. The highest BCUT2D eigenvalue weighted by Gasteiger charge is 2.42. The third-order valence-corrected chi connectivity index (χ3v) is 5.72. The Morgan fingerprint density at radius 2 is 2.10 bits per heavy atom. The lowest BCUT2D eigenvalue weighted by Gasteiger charge is -2.30. The van der Waals surface area contributed by atoms with Crippen LogP contribution in [0.3, 0.4) is 0 Å². The van der Waals surface area contributed by atoms with Crippen LogP contribution in [-0.2, 0) is 4.79 Å². The molecule has 6 nitrogen and oxygen atoms in total. The smallest absolute Gasteiger partial charge is 0.322 e. The van der Waals surface area contributed by atoms with Crippen LogP contribution >= 0.6 is 11.8 Å². The Bertz CT molecular complexity index is 489. The molecule has 1 saturated carbocycles. The Kier molecular flexibility index (Phi) is 3.32. The summed E-state index contributed by atoms with van der Waals surface area (Å²) in [7, 11) is 1.90. The molecule has 2 aliphatic heterocycles. The summed E-state index contributed by atoms with van der Waals surface area (Å²) >= 11 is 1.38. The molecule has 3 amide bonds. The van der Waals surface area contributed by atoms with Gasteiger partial charge in [-0.1, -0.05) is 11.8 Å². The van der Waals surface area contributed by atoms with Crippen molar-refractivity contribution >= 4 is 23.7 Å². The maximum absolute atomic E-state index is 12.5. The molecule has 2 fully saturated rings. The molecular weight excluding hydrogens is 276 g/mol. The number of allylic oxidation sites excluding steroid dienone is 1. The average molecular weight is 296 g/mol.